The predicted molar refractivity (Wildman–Crippen MR) is 101 cm³/mol. The molecule has 1 unspecified atom stereocenters. The van der Waals surface area contributed by atoms with Gasteiger partial charge >= 0.3 is 0 Å². The van der Waals surface area contributed by atoms with Gasteiger partial charge in [0.2, 0.25) is 0 Å². The monoisotopic (exact) mass is 372 g/mol. The highest BCUT2D eigenvalue weighted by molar-refractivity contribution is 7.90. The second-order valence-electron chi connectivity index (χ2n) is 7.07. The van der Waals surface area contributed by atoms with Crippen LogP contribution in [0.3, 0.4) is 0 Å². The lowest BCUT2D eigenvalue weighted by Crippen LogP contribution is -2.14. The number of Topliss-reactive ketones (excluding diaryl/α,β-unsaturated/α-hetero) is 1. The molecule has 5 heteroatoms. The topological polar surface area (TPSA) is 51.2 Å². The molecule has 0 bridgehead atoms. The summed E-state index contributed by atoms with van der Waals surface area (Å²) >= 11 is 0. The molecule has 1 aliphatic rings. The molecule has 0 N–H and O–H groups in total. The van der Waals surface area contributed by atoms with Gasteiger partial charge in [-0.3, -0.25) is 4.79 Å². The maximum Gasteiger partial charge on any atom is 0.175 e. The first-order chi connectivity index (χ1) is 12.2. The maximum atomic E-state index is 13.3. The first-order valence-corrected chi connectivity index (χ1v) is 10.4. The van der Waals surface area contributed by atoms with Crippen molar-refractivity contribution < 1.29 is 17.6 Å². The van der Waals surface area contributed by atoms with Crippen LogP contribution in [0.15, 0.2) is 53.4 Å². The summed E-state index contributed by atoms with van der Waals surface area (Å²) < 4.78 is 36.7. The number of carbonyl (C=O) groups excluding carboxylic acids is 1. The molecule has 2 aromatic rings. The Hall–Kier alpha value is -2.27. The molecular formula is C21H21FO3S. The van der Waals surface area contributed by atoms with Crippen molar-refractivity contribution in [3.05, 3.63) is 65.5 Å². The molecule has 3 nitrogen and oxygen atoms in total. The van der Waals surface area contributed by atoms with Gasteiger partial charge in [-0.15, -0.1) is 0 Å². The van der Waals surface area contributed by atoms with Crippen LogP contribution in [0.2, 0.25) is 0 Å². The van der Waals surface area contributed by atoms with Gasteiger partial charge in [-0.25, -0.2) is 12.8 Å². The van der Waals surface area contributed by atoms with Gasteiger partial charge in [-0.05, 0) is 47.4 Å². The summed E-state index contributed by atoms with van der Waals surface area (Å²) in [5.41, 5.74) is 2.67. The Morgan fingerprint density at radius 2 is 1.54 bits per heavy atom. The van der Waals surface area contributed by atoms with E-state index in [2.05, 4.69) is 0 Å². The Labute approximate surface area is 153 Å². The van der Waals surface area contributed by atoms with E-state index >= 15 is 0 Å². The largest absolute Gasteiger partial charge is 0.294 e. The van der Waals surface area contributed by atoms with E-state index in [1.54, 1.807) is 36.4 Å². The van der Waals surface area contributed by atoms with Crippen molar-refractivity contribution in [2.45, 2.75) is 31.6 Å². The summed E-state index contributed by atoms with van der Waals surface area (Å²) in [7, 11) is -3.28. The molecule has 1 aliphatic carbocycles. The molecular weight excluding hydrogens is 351 g/mol. The number of allylic oxidation sites excluding steroid dienone is 2. The highest BCUT2D eigenvalue weighted by atomic mass is 32.2. The summed E-state index contributed by atoms with van der Waals surface area (Å²) in [6.45, 7) is 4.08. The summed E-state index contributed by atoms with van der Waals surface area (Å²) in [4.78, 5) is 13.0. The minimum atomic E-state index is -3.28. The second-order valence-corrected chi connectivity index (χ2v) is 9.08. The number of halogens is 1. The Bertz CT molecular complexity index is 987. The summed E-state index contributed by atoms with van der Waals surface area (Å²) in [5.74, 6) is -0.319. The van der Waals surface area contributed by atoms with Gasteiger partial charge in [-0.1, -0.05) is 38.1 Å². The highest BCUT2D eigenvalue weighted by Gasteiger charge is 2.41. The number of benzene rings is 2. The Morgan fingerprint density at radius 3 is 2.04 bits per heavy atom. The maximum absolute atomic E-state index is 13.3. The molecule has 136 valence electrons. The number of sulfone groups is 1. The molecule has 2 aromatic carbocycles. The lowest BCUT2D eigenvalue weighted by molar-refractivity contribution is -0.114. The average molecular weight is 372 g/mol. The lowest BCUT2D eigenvalue weighted by Gasteiger charge is -2.26. The van der Waals surface area contributed by atoms with Crippen LogP contribution in [0.4, 0.5) is 4.39 Å². The molecule has 3 rings (SSSR count). The third-order valence-corrected chi connectivity index (χ3v) is 6.30. The number of hydrogen-bond donors (Lipinski definition) is 0. The minimum absolute atomic E-state index is 0.0307. The van der Waals surface area contributed by atoms with Gasteiger partial charge in [-0.2, -0.15) is 0 Å². The van der Waals surface area contributed by atoms with E-state index in [4.69, 9.17) is 0 Å². The fraction of sp³-hybridized carbons (Fsp3) is 0.286. The van der Waals surface area contributed by atoms with Crippen LogP contribution in [0.1, 0.15) is 37.8 Å². The van der Waals surface area contributed by atoms with Crippen molar-refractivity contribution in [2.24, 2.45) is 5.41 Å². The van der Waals surface area contributed by atoms with Crippen molar-refractivity contribution in [1.29, 1.82) is 0 Å². The summed E-state index contributed by atoms with van der Waals surface area (Å²) in [6.07, 6.45) is 2.33. The van der Waals surface area contributed by atoms with Gasteiger partial charge < -0.3 is 0 Å². The second kappa shape index (κ2) is 6.47. The van der Waals surface area contributed by atoms with Crippen LogP contribution in [-0.4, -0.2) is 20.5 Å². The Morgan fingerprint density at radius 1 is 1.00 bits per heavy atom. The summed E-state index contributed by atoms with van der Waals surface area (Å²) in [6, 6.07) is 12.6. The Balaban J connectivity index is 2.22. The molecule has 0 spiro atoms. The van der Waals surface area contributed by atoms with Crippen LogP contribution < -0.4 is 0 Å². The number of hydrogen-bond acceptors (Lipinski definition) is 3. The summed E-state index contributed by atoms with van der Waals surface area (Å²) in [5, 5.41) is 0. The first kappa shape index (κ1) is 18.5. The average Bonchev–Trinajstić information content (AvgIpc) is 2.86. The van der Waals surface area contributed by atoms with Gasteiger partial charge in [0.05, 0.1) is 4.90 Å². The molecule has 0 heterocycles. The van der Waals surface area contributed by atoms with Crippen LogP contribution in [0, 0.1) is 11.2 Å². The van der Waals surface area contributed by atoms with E-state index in [1.807, 2.05) is 13.8 Å². The van der Waals surface area contributed by atoms with Crippen molar-refractivity contribution in [1.82, 2.24) is 0 Å². The quantitative estimate of drug-likeness (QED) is 0.792. The van der Waals surface area contributed by atoms with E-state index in [0.29, 0.717) is 17.6 Å². The zero-order valence-electron chi connectivity index (χ0n) is 15.0. The molecule has 0 aliphatic heterocycles. The number of carbonyl (C=O) groups is 1. The molecule has 0 amide bonds. The van der Waals surface area contributed by atoms with E-state index in [1.165, 1.54) is 18.4 Å². The zero-order chi connectivity index (χ0) is 19.1. The lowest BCUT2D eigenvalue weighted by atomic mass is 9.77. The first-order valence-electron chi connectivity index (χ1n) is 8.50. The van der Waals surface area contributed by atoms with Crippen LogP contribution in [-0.2, 0) is 14.6 Å². The third kappa shape index (κ3) is 3.23. The normalized spacial score (nSPS) is 20.7. The fourth-order valence-corrected chi connectivity index (χ4v) is 4.19. The zero-order valence-corrected chi connectivity index (χ0v) is 15.9. The molecule has 1 atom stereocenters. The van der Waals surface area contributed by atoms with E-state index in [0.717, 1.165) is 17.6 Å². The number of ketones is 1. The SMILES string of the molecule is CCC1(C)CC(=O)C(c2ccc(F)cc2)=C1c1ccc(S(C)(=O)=O)cc1. The van der Waals surface area contributed by atoms with Gasteiger partial charge in [0, 0.05) is 23.7 Å². The van der Waals surface area contributed by atoms with Crippen LogP contribution >= 0.6 is 0 Å². The molecule has 0 aromatic heterocycles. The standard InChI is InChI=1S/C21H21FO3S/c1-4-21(2)13-18(23)19(14-5-9-16(22)10-6-14)20(21)15-7-11-17(12-8-15)26(3,24)25/h5-12H,4,13H2,1-3H3. The van der Waals surface area contributed by atoms with Gasteiger partial charge in [0.1, 0.15) is 5.82 Å². The molecule has 26 heavy (non-hydrogen) atoms. The molecule has 0 saturated carbocycles. The smallest absolute Gasteiger partial charge is 0.175 e. The predicted octanol–water partition coefficient (Wildman–Crippen LogP) is 4.53. The molecule has 0 radical (unpaired) electrons. The van der Waals surface area contributed by atoms with Crippen molar-refractivity contribution in [3.8, 4) is 0 Å². The molecule has 0 fully saturated rings. The molecule has 0 saturated heterocycles. The van der Waals surface area contributed by atoms with Gasteiger partial charge in [0.25, 0.3) is 0 Å². The third-order valence-electron chi connectivity index (χ3n) is 5.17. The minimum Gasteiger partial charge on any atom is -0.294 e. The van der Waals surface area contributed by atoms with Crippen molar-refractivity contribution in [3.63, 3.8) is 0 Å². The van der Waals surface area contributed by atoms with E-state index in [-0.39, 0.29) is 21.9 Å². The van der Waals surface area contributed by atoms with Crippen LogP contribution in [0.5, 0.6) is 0 Å². The van der Waals surface area contributed by atoms with Gasteiger partial charge in [0.15, 0.2) is 15.6 Å². The van der Waals surface area contributed by atoms with Crippen molar-refractivity contribution in [2.75, 3.05) is 6.26 Å². The number of rotatable bonds is 4. The van der Waals surface area contributed by atoms with E-state index in [9.17, 15) is 17.6 Å². The van der Waals surface area contributed by atoms with E-state index < -0.39 is 9.84 Å². The highest BCUT2D eigenvalue weighted by Crippen LogP contribution is 2.51. The van der Waals surface area contributed by atoms with Crippen molar-refractivity contribution >= 4 is 26.8 Å². The Kier molecular flexibility index (Phi) is 4.61. The van der Waals surface area contributed by atoms with Crippen LogP contribution in [0.25, 0.3) is 11.1 Å². The fourth-order valence-electron chi connectivity index (χ4n) is 3.56.